The molecule has 1 heterocycles. The van der Waals surface area contributed by atoms with Gasteiger partial charge in [0, 0.05) is 17.4 Å². The molecule has 17 heavy (non-hydrogen) atoms. The van der Waals surface area contributed by atoms with Crippen molar-refractivity contribution in [3.63, 3.8) is 0 Å². The van der Waals surface area contributed by atoms with Crippen molar-refractivity contribution in [2.24, 2.45) is 0 Å². The van der Waals surface area contributed by atoms with Crippen molar-refractivity contribution in [3.05, 3.63) is 35.5 Å². The molecule has 3 rings (SSSR count). The molecule has 0 unspecified atom stereocenters. The number of pyridine rings is 1. The van der Waals surface area contributed by atoms with E-state index in [9.17, 15) is 4.79 Å². The molecule has 0 aliphatic heterocycles. The highest BCUT2D eigenvalue weighted by Crippen LogP contribution is 2.26. The molecule has 0 amide bonds. The normalized spacial score (nSPS) is 14.8. The van der Waals surface area contributed by atoms with Crippen LogP contribution in [-0.2, 0) is 6.42 Å². The Kier molecular flexibility index (Phi) is 2.32. The van der Waals surface area contributed by atoms with Crippen LogP contribution < -0.4 is 4.74 Å². The maximum absolute atomic E-state index is 11.8. The lowest BCUT2D eigenvalue weighted by atomic mass is 9.93. The van der Waals surface area contributed by atoms with Crippen LogP contribution in [0.5, 0.6) is 5.75 Å². The number of rotatable bonds is 1. The first-order chi connectivity index (χ1) is 8.28. The van der Waals surface area contributed by atoms with Crippen LogP contribution in [0.15, 0.2) is 24.3 Å². The fourth-order valence-electron chi connectivity index (χ4n) is 2.30. The molecule has 0 atom stereocenters. The molecule has 86 valence electrons. The molecular formula is C14H13NO2. The Morgan fingerprint density at radius 3 is 2.94 bits per heavy atom. The zero-order valence-corrected chi connectivity index (χ0v) is 9.69. The quantitative estimate of drug-likeness (QED) is 0.752. The summed E-state index contributed by atoms with van der Waals surface area (Å²) in [6.45, 7) is 0. The minimum Gasteiger partial charge on any atom is -0.497 e. The molecule has 2 aromatic rings. The molecule has 0 bridgehead atoms. The number of aryl methyl sites for hydroxylation is 1. The number of hydrogen-bond donors (Lipinski definition) is 0. The monoisotopic (exact) mass is 227 g/mol. The number of aromatic nitrogens is 1. The minimum absolute atomic E-state index is 0.212. The van der Waals surface area contributed by atoms with Gasteiger partial charge in [-0.1, -0.05) is 0 Å². The van der Waals surface area contributed by atoms with Gasteiger partial charge in [-0.3, -0.25) is 9.78 Å². The predicted molar refractivity (Wildman–Crippen MR) is 65.6 cm³/mol. The number of ketones is 1. The second-order valence-corrected chi connectivity index (χ2v) is 4.32. The third-order valence-corrected chi connectivity index (χ3v) is 3.22. The Morgan fingerprint density at radius 2 is 2.12 bits per heavy atom. The molecular weight excluding hydrogens is 214 g/mol. The summed E-state index contributed by atoms with van der Waals surface area (Å²) in [7, 11) is 1.64. The van der Waals surface area contributed by atoms with Gasteiger partial charge in [0.25, 0.3) is 0 Å². The summed E-state index contributed by atoms with van der Waals surface area (Å²) in [5.41, 5.74) is 2.66. The van der Waals surface area contributed by atoms with Crippen molar-refractivity contribution < 1.29 is 9.53 Å². The van der Waals surface area contributed by atoms with Crippen molar-refractivity contribution in [1.82, 2.24) is 4.98 Å². The maximum atomic E-state index is 11.8. The van der Waals surface area contributed by atoms with E-state index in [0.717, 1.165) is 40.8 Å². The van der Waals surface area contributed by atoms with Crippen LogP contribution in [0.2, 0.25) is 0 Å². The first-order valence-corrected chi connectivity index (χ1v) is 5.79. The highest BCUT2D eigenvalue weighted by Gasteiger charge is 2.18. The molecule has 1 aromatic heterocycles. The molecule has 3 heteroatoms. The van der Waals surface area contributed by atoms with Crippen LogP contribution in [0, 0.1) is 0 Å². The summed E-state index contributed by atoms with van der Waals surface area (Å²) < 4.78 is 5.18. The second-order valence-electron chi connectivity index (χ2n) is 4.32. The largest absolute Gasteiger partial charge is 0.497 e. The zero-order valence-electron chi connectivity index (χ0n) is 9.69. The standard InChI is InChI=1S/C14H13NO2/c1-17-10-5-6-12-9(7-10)8-11-13(15-12)3-2-4-14(11)16/h5-8H,2-4H2,1H3. The Hall–Kier alpha value is -1.90. The van der Waals surface area contributed by atoms with Gasteiger partial charge in [-0.25, -0.2) is 0 Å². The molecule has 0 saturated heterocycles. The van der Waals surface area contributed by atoms with Crippen LogP contribution >= 0.6 is 0 Å². The summed E-state index contributed by atoms with van der Waals surface area (Å²) in [5.74, 6) is 1.01. The lowest BCUT2D eigenvalue weighted by molar-refractivity contribution is 0.0972. The Balaban J connectivity index is 2.24. The van der Waals surface area contributed by atoms with Gasteiger partial charge in [-0.15, -0.1) is 0 Å². The highest BCUT2D eigenvalue weighted by molar-refractivity contribution is 6.01. The van der Waals surface area contributed by atoms with E-state index in [1.165, 1.54) is 0 Å². The predicted octanol–water partition coefficient (Wildman–Crippen LogP) is 2.76. The molecule has 0 spiro atoms. The number of benzene rings is 1. The third-order valence-electron chi connectivity index (χ3n) is 3.22. The van der Waals surface area contributed by atoms with E-state index in [4.69, 9.17) is 4.74 Å². The van der Waals surface area contributed by atoms with Crippen molar-refractivity contribution in [3.8, 4) is 5.75 Å². The van der Waals surface area contributed by atoms with E-state index in [1.807, 2.05) is 24.3 Å². The van der Waals surface area contributed by atoms with Crippen LogP contribution in [-0.4, -0.2) is 17.9 Å². The number of methoxy groups -OCH3 is 1. The van der Waals surface area contributed by atoms with Gasteiger partial charge in [0.1, 0.15) is 5.75 Å². The first-order valence-electron chi connectivity index (χ1n) is 5.79. The summed E-state index contributed by atoms with van der Waals surface area (Å²) in [6.07, 6.45) is 2.47. The van der Waals surface area contributed by atoms with Gasteiger partial charge in [0.15, 0.2) is 5.78 Å². The SMILES string of the molecule is COc1ccc2nc3c(cc2c1)C(=O)CCC3. The molecule has 3 nitrogen and oxygen atoms in total. The second kappa shape index (κ2) is 3.84. The average Bonchev–Trinajstić information content (AvgIpc) is 2.37. The number of fused-ring (bicyclic) bond motifs is 2. The molecule has 0 radical (unpaired) electrons. The van der Waals surface area contributed by atoms with Gasteiger partial charge in [0.05, 0.1) is 18.3 Å². The first kappa shape index (κ1) is 10.3. The number of nitrogens with zero attached hydrogens (tertiary/aromatic N) is 1. The van der Waals surface area contributed by atoms with Gasteiger partial charge >= 0.3 is 0 Å². The van der Waals surface area contributed by atoms with Crippen LogP contribution in [0.1, 0.15) is 28.9 Å². The average molecular weight is 227 g/mol. The Labute approximate surface area is 99.4 Å². The van der Waals surface area contributed by atoms with Gasteiger partial charge in [0.2, 0.25) is 0 Å². The van der Waals surface area contributed by atoms with Gasteiger partial charge in [-0.05, 0) is 37.1 Å². The topological polar surface area (TPSA) is 39.2 Å². The van der Waals surface area contributed by atoms with Crippen LogP contribution in [0.25, 0.3) is 10.9 Å². The molecule has 1 aromatic carbocycles. The lowest BCUT2D eigenvalue weighted by Crippen LogP contribution is -2.12. The van der Waals surface area contributed by atoms with Crippen LogP contribution in [0.3, 0.4) is 0 Å². The number of carbonyl (C=O) groups is 1. The van der Waals surface area contributed by atoms with Crippen molar-refractivity contribution >= 4 is 16.7 Å². The summed E-state index contributed by atoms with van der Waals surface area (Å²) in [6, 6.07) is 7.70. The number of carbonyl (C=O) groups excluding carboxylic acids is 1. The third kappa shape index (κ3) is 1.68. The molecule has 0 fully saturated rings. The van der Waals surface area contributed by atoms with E-state index in [0.29, 0.717) is 6.42 Å². The molecule has 1 aliphatic rings. The zero-order chi connectivity index (χ0) is 11.8. The van der Waals surface area contributed by atoms with E-state index in [2.05, 4.69) is 4.98 Å². The van der Waals surface area contributed by atoms with E-state index < -0.39 is 0 Å². The van der Waals surface area contributed by atoms with Gasteiger partial charge < -0.3 is 4.74 Å². The fourth-order valence-corrected chi connectivity index (χ4v) is 2.30. The number of Topliss-reactive ketones (excluding diaryl/α,β-unsaturated/α-hetero) is 1. The van der Waals surface area contributed by atoms with Crippen molar-refractivity contribution in [2.75, 3.05) is 7.11 Å². The lowest BCUT2D eigenvalue weighted by Gasteiger charge is -2.14. The highest BCUT2D eigenvalue weighted by atomic mass is 16.5. The van der Waals surface area contributed by atoms with Crippen molar-refractivity contribution in [2.45, 2.75) is 19.3 Å². The summed E-state index contributed by atoms with van der Waals surface area (Å²) >= 11 is 0. The van der Waals surface area contributed by atoms with Gasteiger partial charge in [-0.2, -0.15) is 0 Å². The molecule has 0 saturated carbocycles. The minimum atomic E-state index is 0.212. The fraction of sp³-hybridized carbons (Fsp3) is 0.286. The van der Waals surface area contributed by atoms with Crippen molar-refractivity contribution in [1.29, 1.82) is 0 Å². The summed E-state index contributed by atoms with van der Waals surface area (Å²) in [5, 5.41) is 0.971. The number of hydrogen-bond acceptors (Lipinski definition) is 3. The smallest absolute Gasteiger partial charge is 0.164 e. The van der Waals surface area contributed by atoms with E-state index in [-0.39, 0.29) is 5.78 Å². The molecule has 0 N–H and O–H groups in total. The van der Waals surface area contributed by atoms with E-state index >= 15 is 0 Å². The Morgan fingerprint density at radius 1 is 1.24 bits per heavy atom. The Bertz CT molecular complexity index is 604. The van der Waals surface area contributed by atoms with Crippen LogP contribution in [0.4, 0.5) is 0 Å². The molecule has 1 aliphatic carbocycles. The maximum Gasteiger partial charge on any atom is 0.164 e. The number of ether oxygens (including phenoxy) is 1. The summed E-state index contributed by atoms with van der Waals surface area (Å²) in [4.78, 5) is 16.4. The van der Waals surface area contributed by atoms with E-state index in [1.54, 1.807) is 7.11 Å².